The fourth-order valence-electron chi connectivity index (χ4n) is 3.79. The van der Waals surface area contributed by atoms with Crippen LogP contribution in [0.4, 0.5) is 5.69 Å². The van der Waals surface area contributed by atoms with Gasteiger partial charge in [-0.1, -0.05) is 19.1 Å². The number of aryl methyl sites for hydroxylation is 1. The third-order valence-corrected chi connectivity index (χ3v) is 5.00. The monoisotopic (exact) mass is 442 g/mol. The molecule has 1 aromatic carbocycles. The lowest BCUT2D eigenvalue weighted by molar-refractivity contribution is 0.292. The van der Waals surface area contributed by atoms with Gasteiger partial charge in [0.2, 0.25) is 0 Å². The van der Waals surface area contributed by atoms with E-state index in [9.17, 15) is 0 Å². The first-order chi connectivity index (χ1) is 11.2. The predicted octanol–water partition coefficient (Wildman–Crippen LogP) is 3.64. The van der Waals surface area contributed by atoms with Crippen molar-refractivity contribution in [2.75, 3.05) is 31.5 Å². The second-order valence-electron chi connectivity index (χ2n) is 7.11. The molecular weight excluding hydrogens is 411 g/mol. The minimum Gasteiger partial charge on any atom is -0.370 e. The molecule has 1 aliphatic heterocycles. The Labute approximate surface area is 163 Å². The Balaban J connectivity index is 0.00000208. The number of fused-ring (bicyclic) bond motifs is 1. The number of nitrogens with zero attached hydrogens (tertiary/aromatic N) is 2. The molecule has 2 aliphatic rings. The number of halogens is 1. The van der Waals surface area contributed by atoms with E-state index in [1.807, 2.05) is 0 Å². The summed E-state index contributed by atoms with van der Waals surface area (Å²) < 4.78 is 0. The van der Waals surface area contributed by atoms with E-state index in [1.165, 1.54) is 56.3 Å². The molecule has 1 fully saturated rings. The highest BCUT2D eigenvalue weighted by Crippen LogP contribution is 2.27. The molecule has 24 heavy (non-hydrogen) atoms. The summed E-state index contributed by atoms with van der Waals surface area (Å²) >= 11 is 0. The van der Waals surface area contributed by atoms with Gasteiger partial charge in [0.25, 0.3) is 0 Å². The van der Waals surface area contributed by atoms with Crippen molar-refractivity contribution in [1.82, 2.24) is 4.90 Å². The fourth-order valence-corrected chi connectivity index (χ4v) is 3.79. The summed E-state index contributed by atoms with van der Waals surface area (Å²) in [6.07, 6.45) is 7.60. The van der Waals surface area contributed by atoms with E-state index in [-0.39, 0.29) is 24.0 Å². The molecule has 0 radical (unpaired) electrons. The van der Waals surface area contributed by atoms with Crippen molar-refractivity contribution < 1.29 is 0 Å². The van der Waals surface area contributed by atoms with Gasteiger partial charge >= 0.3 is 0 Å². The third kappa shape index (κ3) is 5.34. The minimum absolute atomic E-state index is 0. The molecule has 0 saturated carbocycles. The molecule has 0 spiro atoms. The van der Waals surface area contributed by atoms with Gasteiger partial charge in [0, 0.05) is 18.8 Å². The molecule has 1 aromatic rings. The molecule has 1 unspecified atom stereocenters. The number of guanidine groups is 1. The highest BCUT2D eigenvalue weighted by atomic mass is 127. The normalized spacial score (nSPS) is 19.5. The van der Waals surface area contributed by atoms with Crippen LogP contribution in [0.15, 0.2) is 23.2 Å². The smallest absolute Gasteiger partial charge is 0.193 e. The SMILES string of the molecule is CC(CN=C(N)Nc1cccc2c1CCCC2)CN1CCCC1.I. The van der Waals surface area contributed by atoms with Crippen molar-refractivity contribution in [1.29, 1.82) is 0 Å². The van der Waals surface area contributed by atoms with Gasteiger partial charge in [-0.2, -0.15) is 0 Å². The molecule has 0 aromatic heterocycles. The van der Waals surface area contributed by atoms with Crippen molar-refractivity contribution in [2.24, 2.45) is 16.6 Å². The largest absolute Gasteiger partial charge is 0.370 e. The summed E-state index contributed by atoms with van der Waals surface area (Å²) in [7, 11) is 0. The summed E-state index contributed by atoms with van der Waals surface area (Å²) in [6.45, 7) is 6.69. The molecule has 3 N–H and O–H groups in total. The van der Waals surface area contributed by atoms with Crippen molar-refractivity contribution in [3.8, 4) is 0 Å². The van der Waals surface area contributed by atoms with E-state index in [4.69, 9.17) is 5.73 Å². The van der Waals surface area contributed by atoms with Gasteiger partial charge in [-0.25, -0.2) is 0 Å². The molecular formula is C19H31IN4. The lowest BCUT2D eigenvalue weighted by atomic mass is 9.90. The maximum absolute atomic E-state index is 6.12. The van der Waals surface area contributed by atoms with Gasteiger partial charge in [-0.3, -0.25) is 4.99 Å². The van der Waals surface area contributed by atoms with E-state index in [2.05, 4.69) is 40.3 Å². The van der Waals surface area contributed by atoms with Gasteiger partial charge in [0.05, 0.1) is 0 Å². The molecule has 1 atom stereocenters. The lowest BCUT2D eigenvalue weighted by Crippen LogP contribution is -2.29. The van der Waals surface area contributed by atoms with Crippen LogP contribution in [0.5, 0.6) is 0 Å². The number of anilines is 1. The van der Waals surface area contributed by atoms with Crippen molar-refractivity contribution in [3.63, 3.8) is 0 Å². The zero-order valence-corrected chi connectivity index (χ0v) is 17.1. The highest BCUT2D eigenvalue weighted by Gasteiger charge is 2.15. The Hall–Kier alpha value is -0.820. The Morgan fingerprint density at radius 2 is 1.96 bits per heavy atom. The first kappa shape index (κ1) is 19.5. The molecule has 4 nitrogen and oxygen atoms in total. The second-order valence-corrected chi connectivity index (χ2v) is 7.11. The van der Waals surface area contributed by atoms with Gasteiger partial charge in [-0.15, -0.1) is 24.0 Å². The number of hydrogen-bond donors (Lipinski definition) is 2. The fraction of sp³-hybridized carbons (Fsp3) is 0.632. The van der Waals surface area contributed by atoms with Crippen molar-refractivity contribution in [2.45, 2.75) is 45.4 Å². The molecule has 3 rings (SSSR count). The second kappa shape index (κ2) is 9.61. The number of hydrogen-bond acceptors (Lipinski definition) is 2. The van der Waals surface area contributed by atoms with E-state index in [0.29, 0.717) is 11.9 Å². The Kier molecular flexibility index (Phi) is 7.81. The molecule has 0 bridgehead atoms. The molecule has 1 heterocycles. The zero-order valence-electron chi connectivity index (χ0n) is 14.8. The van der Waals surface area contributed by atoms with E-state index in [1.54, 1.807) is 0 Å². The maximum atomic E-state index is 6.12. The zero-order chi connectivity index (χ0) is 16.1. The first-order valence-electron chi connectivity index (χ1n) is 9.12. The van der Waals surface area contributed by atoms with E-state index in [0.717, 1.165) is 25.2 Å². The summed E-state index contributed by atoms with van der Waals surface area (Å²) in [5.41, 5.74) is 10.2. The maximum Gasteiger partial charge on any atom is 0.193 e. The molecule has 0 amide bonds. The third-order valence-electron chi connectivity index (χ3n) is 5.00. The molecule has 5 heteroatoms. The van der Waals surface area contributed by atoms with Gasteiger partial charge < -0.3 is 16.0 Å². The standard InChI is InChI=1S/C19H30N4.HI/c1-15(14-23-11-4-5-12-23)13-21-19(20)22-18-10-6-8-16-7-2-3-9-17(16)18;/h6,8,10,15H,2-5,7,9,11-14H2,1H3,(H3,20,21,22);1H. The number of benzene rings is 1. The van der Waals surface area contributed by atoms with Crippen LogP contribution in [0, 0.1) is 5.92 Å². The molecule has 134 valence electrons. The van der Waals surface area contributed by atoms with Crippen molar-refractivity contribution in [3.05, 3.63) is 29.3 Å². The number of likely N-dealkylation sites (tertiary alicyclic amines) is 1. The summed E-state index contributed by atoms with van der Waals surface area (Å²) in [5, 5.41) is 3.33. The van der Waals surface area contributed by atoms with Gasteiger partial charge in [0.1, 0.15) is 0 Å². The summed E-state index contributed by atoms with van der Waals surface area (Å²) in [5.74, 6) is 1.11. The van der Waals surface area contributed by atoms with Crippen LogP contribution in [0.2, 0.25) is 0 Å². The number of aliphatic imine (C=N–C) groups is 1. The number of nitrogens with one attached hydrogen (secondary N) is 1. The summed E-state index contributed by atoms with van der Waals surface area (Å²) in [4.78, 5) is 7.11. The van der Waals surface area contributed by atoms with Crippen LogP contribution in [0.25, 0.3) is 0 Å². The van der Waals surface area contributed by atoms with Crippen molar-refractivity contribution >= 4 is 35.6 Å². The van der Waals surface area contributed by atoms with Crippen LogP contribution in [-0.4, -0.2) is 37.0 Å². The molecule has 1 saturated heterocycles. The highest BCUT2D eigenvalue weighted by molar-refractivity contribution is 14.0. The first-order valence-corrected chi connectivity index (χ1v) is 9.12. The van der Waals surface area contributed by atoms with Gasteiger partial charge in [-0.05, 0) is 74.7 Å². The quantitative estimate of drug-likeness (QED) is 0.416. The number of nitrogens with two attached hydrogens (primary N) is 1. The topological polar surface area (TPSA) is 53.6 Å². The van der Waals surface area contributed by atoms with Crippen LogP contribution >= 0.6 is 24.0 Å². The Morgan fingerprint density at radius 1 is 1.21 bits per heavy atom. The average molecular weight is 442 g/mol. The predicted molar refractivity (Wildman–Crippen MR) is 113 cm³/mol. The minimum atomic E-state index is 0. The molecule has 1 aliphatic carbocycles. The van der Waals surface area contributed by atoms with Crippen LogP contribution < -0.4 is 11.1 Å². The number of rotatable bonds is 5. The van der Waals surface area contributed by atoms with Crippen LogP contribution in [-0.2, 0) is 12.8 Å². The lowest BCUT2D eigenvalue weighted by Gasteiger charge is -2.20. The average Bonchev–Trinajstić information content (AvgIpc) is 3.06. The Morgan fingerprint density at radius 3 is 2.75 bits per heavy atom. The van der Waals surface area contributed by atoms with Gasteiger partial charge in [0.15, 0.2) is 5.96 Å². The Bertz CT molecular complexity index is 552. The van der Waals surface area contributed by atoms with Crippen LogP contribution in [0.1, 0.15) is 43.7 Å². The summed E-state index contributed by atoms with van der Waals surface area (Å²) in [6, 6.07) is 6.49. The van der Waals surface area contributed by atoms with E-state index < -0.39 is 0 Å². The van der Waals surface area contributed by atoms with Crippen LogP contribution in [0.3, 0.4) is 0 Å². The van der Waals surface area contributed by atoms with E-state index >= 15 is 0 Å².